The molecule has 1 atom stereocenters. The zero-order valence-corrected chi connectivity index (χ0v) is 21.8. The number of nitrogens with one attached hydrogen (secondary N) is 1. The molecule has 194 valence electrons. The molecule has 1 aromatic carbocycles. The van der Waals surface area contributed by atoms with Crippen molar-refractivity contribution in [2.45, 2.75) is 129 Å². The van der Waals surface area contributed by atoms with Crippen LogP contribution in [0.4, 0.5) is 0 Å². The third-order valence-corrected chi connectivity index (χ3v) is 6.29. The lowest BCUT2D eigenvalue weighted by atomic mass is 10.0. The highest BCUT2D eigenvalue weighted by atomic mass is 16.5. The molecule has 2 N–H and O–H groups in total. The van der Waals surface area contributed by atoms with Gasteiger partial charge >= 0.3 is 5.97 Å². The summed E-state index contributed by atoms with van der Waals surface area (Å²) in [7, 11) is 0. The molecule has 0 spiro atoms. The van der Waals surface area contributed by atoms with Gasteiger partial charge in [-0.2, -0.15) is 0 Å². The Balaban J connectivity index is 2.09. The number of ether oxygens (including phenoxy) is 1. The van der Waals surface area contributed by atoms with Gasteiger partial charge in [-0.1, -0.05) is 109 Å². The molecule has 34 heavy (non-hydrogen) atoms. The van der Waals surface area contributed by atoms with E-state index in [9.17, 15) is 14.7 Å². The molecule has 0 aliphatic carbocycles. The van der Waals surface area contributed by atoms with Gasteiger partial charge < -0.3 is 15.2 Å². The molecule has 5 heteroatoms. The van der Waals surface area contributed by atoms with E-state index in [4.69, 9.17) is 4.74 Å². The summed E-state index contributed by atoms with van der Waals surface area (Å²) in [4.78, 5) is 24.7. The molecule has 1 aromatic rings. The number of carbonyl (C=O) groups excluding carboxylic acids is 2. The first-order chi connectivity index (χ1) is 16.6. The maximum absolute atomic E-state index is 12.4. The van der Waals surface area contributed by atoms with Crippen LogP contribution in [-0.2, 0) is 20.7 Å². The number of amides is 1. The highest BCUT2D eigenvalue weighted by molar-refractivity contribution is 5.84. The summed E-state index contributed by atoms with van der Waals surface area (Å²) in [6, 6.07) is 5.96. The lowest BCUT2D eigenvalue weighted by Crippen LogP contribution is -2.43. The maximum Gasteiger partial charge on any atom is 0.328 e. The summed E-state index contributed by atoms with van der Waals surface area (Å²) < 4.78 is 5.13. The Hall–Kier alpha value is -2.04. The van der Waals surface area contributed by atoms with Crippen molar-refractivity contribution in [3.05, 3.63) is 29.8 Å². The van der Waals surface area contributed by atoms with Crippen LogP contribution in [-0.4, -0.2) is 29.6 Å². The van der Waals surface area contributed by atoms with Crippen molar-refractivity contribution in [2.24, 2.45) is 0 Å². The number of phenolic OH excluding ortho intramolecular Hbond substituents is 1. The van der Waals surface area contributed by atoms with Crippen molar-refractivity contribution in [3.63, 3.8) is 0 Å². The number of aromatic hydroxyl groups is 1. The molecular weight excluding hydrogens is 426 g/mol. The van der Waals surface area contributed by atoms with Crippen LogP contribution in [0.2, 0.25) is 0 Å². The van der Waals surface area contributed by atoms with Crippen LogP contribution < -0.4 is 5.32 Å². The van der Waals surface area contributed by atoms with Crippen molar-refractivity contribution < 1.29 is 19.4 Å². The third kappa shape index (κ3) is 15.7. The Labute approximate surface area is 208 Å². The van der Waals surface area contributed by atoms with Gasteiger partial charge in [0.2, 0.25) is 5.91 Å². The average molecular weight is 476 g/mol. The average Bonchev–Trinajstić information content (AvgIpc) is 2.82. The number of hydrogen-bond acceptors (Lipinski definition) is 4. The summed E-state index contributed by atoms with van der Waals surface area (Å²) in [6.45, 7) is 4.30. The van der Waals surface area contributed by atoms with Crippen LogP contribution in [0.5, 0.6) is 5.75 Å². The molecule has 0 saturated carbocycles. The summed E-state index contributed by atoms with van der Waals surface area (Å²) in [5.41, 5.74) is 0.864. The Morgan fingerprint density at radius 1 is 0.765 bits per heavy atom. The SMILES string of the molecule is CCCCCCCCCCCCCCCCCC(=O)N[C@H](Cc1ccc(O)cc1)C(=O)OCC. The highest BCUT2D eigenvalue weighted by Gasteiger charge is 2.22. The fourth-order valence-corrected chi connectivity index (χ4v) is 4.23. The first-order valence-electron chi connectivity index (χ1n) is 13.8. The van der Waals surface area contributed by atoms with Gasteiger partial charge in [-0.3, -0.25) is 4.79 Å². The fourth-order valence-electron chi connectivity index (χ4n) is 4.23. The second kappa shape index (κ2) is 20.3. The molecule has 0 saturated heterocycles. The van der Waals surface area contributed by atoms with Crippen LogP contribution in [0.15, 0.2) is 24.3 Å². The quantitative estimate of drug-likeness (QED) is 0.145. The highest BCUT2D eigenvalue weighted by Crippen LogP contribution is 2.15. The minimum atomic E-state index is -0.701. The predicted octanol–water partition coefficient (Wildman–Crippen LogP) is 7.24. The normalized spacial score (nSPS) is 11.8. The van der Waals surface area contributed by atoms with Crippen molar-refractivity contribution in [1.29, 1.82) is 0 Å². The number of phenols is 1. The van der Waals surface area contributed by atoms with E-state index in [1.807, 2.05) is 0 Å². The van der Waals surface area contributed by atoms with E-state index in [1.54, 1.807) is 31.2 Å². The molecule has 1 amide bonds. The first kappa shape index (κ1) is 30.0. The van der Waals surface area contributed by atoms with E-state index in [-0.39, 0.29) is 18.3 Å². The summed E-state index contributed by atoms with van der Waals surface area (Å²) in [5.74, 6) is -0.347. The molecule has 0 unspecified atom stereocenters. The molecule has 0 fully saturated rings. The molecule has 0 bridgehead atoms. The van der Waals surface area contributed by atoms with E-state index < -0.39 is 12.0 Å². The van der Waals surface area contributed by atoms with E-state index in [1.165, 1.54) is 83.5 Å². The van der Waals surface area contributed by atoms with Crippen LogP contribution in [0.25, 0.3) is 0 Å². The van der Waals surface area contributed by atoms with Gasteiger partial charge in [0, 0.05) is 12.8 Å². The number of esters is 1. The second-order valence-electron chi connectivity index (χ2n) is 9.44. The van der Waals surface area contributed by atoms with Gasteiger partial charge in [0.05, 0.1) is 6.61 Å². The second-order valence-corrected chi connectivity index (χ2v) is 9.44. The lowest BCUT2D eigenvalue weighted by molar-refractivity contribution is -0.147. The van der Waals surface area contributed by atoms with Gasteiger partial charge in [-0.05, 0) is 31.0 Å². The summed E-state index contributed by atoms with van der Waals surface area (Å²) in [5, 5.41) is 12.3. The minimum Gasteiger partial charge on any atom is -0.508 e. The zero-order valence-electron chi connectivity index (χ0n) is 21.8. The van der Waals surface area contributed by atoms with Crippen molar-refractivity contribution in [1.82, 2.24) is 5.32 Å². The molecule has 0 aromatic heterocycles. The van der Waals surface area contributed by atoms with Crippen LogP contribution in [0.1, 0.15) is 122 Å². The number of unbranched alkanes of at least 4 members (excludes halogenated alkanes) is 14. The molecule has 1 rings (SSSR count). The summed E-state index contributed by atoms with van der Waals surface area (Å²) >= 11 is 0. The number of rotatable bonds is 21. The number of carbonyl (C=O) groups is 2. The van der Waals surface area contributed by atoms with Gasteiger partial charge in [-0.15, -0.1) is 0 Å². The van der Waals surface area contributed by atoms with Crippen molar-refractivity contribution in [3.8, 4) is 5.75 Å². The Morgan fingerprint density at radius 3 is 1.71 bits per heavy atom. The Bertz CT molecular complexity index is 644. The first-order valence-corrected chi connectivity index (χ1v) is 13.8. The van der Waals surface area contributed by atoms with Crippen molar-refractivity contribution >= 4 is 11.9 Å². The smallest absolute Gasteiger partial charge is 0.328 e. The number of hydrogen-bond donors (Lipinski definition) is 2. The van der Waals surface area contributed by atoms with E-state index in [2.05, 4.69) is 12.2 Å². The van der Waals surface area contributed by atoms with E-state index in [0.29, 0.717) is 12.8 Å². The summed E-state index contributed by atoms with van der Waals surface area (Å²) in [6.07, 6.45) is 20.2. The maximum atomic E-state index is 12.4. The molecule has 0 heterocycles. The van der Waals surface area contributed by atoms with Gasteiger partial charge in [0.25, 0.3) is 0 Å². The minimum absolute atomic E-state index is 0.105. The topological polar surface area (TPSA) is 75.6 Å². The van der Waals surface area contributed by atoms with Crippen LogP contribution >= 0.6 is 0 Å². The molecular formula is C29H49NO4. The molecule has 0 radical (unpaired) electrons. The van der Waals surface area contributed by atoms with Crippen LogP contribution in [0.3, 0.4) is 0 Å². The lowest BCUT2D eigenvalue weighted by Gasteiger charge is -2.17. The van der Waals surface area contributed by atoms with E-state index in [0.717, 1.165) is 18.4 Å². The number of benzene rings is 1. The monoisotopic (exact) mass is 475 g/mol. The standard InChI is InChI=1S/C29H49NO4/c1-3-5-6-7-8-9-10-11-12-13-14-15-16-17-18-19-28(32)30-27(29(33)34-4-2)24-25-20-22-26(31)23-21-25/h20-23,27,31H,3-19,24H2,1-2H3,(H,30,32)/t27-/m1/s1. The third-order valence-electron chi connectivity index (χ3n) is 6.29. The van der Waals surface area contributed by atoms with Gasteiger partial charge in [0.1, 0.15) is 11.8 Å². The molecule has 5 nitrogen and oxygen atoms in total. The Kier molecular flexibility index (Phi) is 17.9. The zero-order chi connectivity index (χ0) is 24.9. The fraction of sp³-hybridized carbons (Fsp3) is 0.724. The Morgan fingerprint density at radius 2 is 1.24 bits per heavy atom. The van der Waals surface area contributed by atoms with Crippen LogP contribution in [0, 0.1) is 0 Å². The molecule has 0 aliphatic heterocycles. The van der Waals surface area contributed by atoms with E-state index >= 15 is 0 Å². The molecule has 0 aliphatic rings. The van der Waals surface area contributed by atoms with Crippen molar-refractivity contribution in [2.75, 3.05) is 6.61 Å². The predicted molar refractivity (Wildman–Crippen MR) is 140 cm³/mol. The van der Waals surface area contributed by atoms with Gasteiger partial charge in [-0.25, -0.2) is 4.79 Å². The largest absolute Gasteiger partial charge is 0.508 e. The van der Waals surface area contributed by atoms with Gasteiger partial charge in [0.15, 0.2) is 0 Å².